The van der Waals surface area contributed by atoms with Gasteiger partial charge in [-0.15, -0.1) is 0 Å². The van der Waals surface area contributed by atoms with Gasteiger partial charge in [0.05, 0.1) is 11.0 Å². The van der Waals surface area contributed by atoms with Crippen LogP contribution in [0.4, 0.5) is 0 Å². The van der Waals surface area contributed by atoms with Crippen LogP contribution in [0.2, 0.25) is 0 Å². The fourth-order valence-electron chi connectivity index (χ4n) is 3.46. The summed E-state index contributed by atoms with van der Waals surface area (Å²) in [6, 6.07) is 15.6. The summed E-state index contributed by atoms with van der Waals surface area (Å²) in [5.41, 5.74) is 3.61. The van der Waals surface area contributed by atoms with Crippen molar-refractivity contribution in [2.45, 2.75) is 33.4 Å². The number of aromatic nitrogens is 2. The number of carbonyl (C=O) groups is 1. The fourth-order valence-corrected chi connectivity index (χ4v) is 3.46. The minimum Gasteiger partial charge on any atom is -0.352 e. The predicted octanol–water partition coefficient (Wildman–Crippen LogP) is 2.98. The lowest BCUT2D eigenvalue weighted by Gasteiger charge is -2.16. The smallest absolute Gasteiger partial charge is 0.272 e. The van der Waals surface area contributed by atoms with Crippen LogP contribution < -0.4 is 10.9 Å². The first-order valence-electron chi connectivity index (χ1n) is 10.0. The van der Waals surface area contributed by atoms with E-state index in [1.54, 1.807) is 29.7 Å². The van der Waals surface area contributed by atoms with Gasteiger partial charge >= 0.3 is 0 Å². The summed E-state index contributed by atoms with van der Waals surface area (Å²) in [6.45, 7) is 6.60. The normalized spacial score (nSPS) is 11.2. The summed E-state index contributed by atoms with van der Waals surface area (Å²) in [6.07, 6.45) is 0.870. The van der Waals surface area contributed by atoms with Crippen molar-refractivity contribution in [2.75, 3.05) is 20.1 Å². The van der Waals surface area contributed by atoms with Crippen molar-refractivity contribution in [1.82, 2.24) is 19.8 Å². The third-order valence-electron chi connectivity index (χ3n) is 4.98. The van der Waals surface area contributed by atoms with Crippen molar-refractivity contribution in [3.8, 4) is 0 Å². The van der Waals surface area contributed by atoms with E-state index in [9.17, 15) is 9.59 Å². The molecule has 0 fully saturated rings. The molecule has 0 saturated heterocycles. The van der Waals surface area contributed by atoms with Crippen molar-refractivity contribution in [1.29, 1.82) is 0 Å². The molecule has 0 unspecified atom stereocenters. The SMILES string of the molecule is CCn1c(=O)c(C)nc2cc(C(=O)NCCCN(C)Cc3ccccc3)ccc21. The van der Waals surface area contributed by atoms with Crippen LogP contribution in [-0.4, -0.2) is 40.5 Å². The average molecular weight is 393 g/mol. The number of benzene rings is 2. The molecule has 152 valence electrons. The highest BCUT2D eigenvalue weighted by molar-refractivity contribution is 5.97. The minimum atomic E-state index is -0.119. The Bertz CT molecular complexity index is 1040. The zero-order valence-corrected chi connectivity index (χ0v) is 17.3. The van der Waals surface area contributed by atoms with E-state index in [-0.39, 0.29) is 11.5 Å². The number of amides is 1. The minimum absolute atomic E-state index is 0.0863. The summed E-state index contributed by atoms with van der Waals surface area (Å²) in [7, 11) is 2.08. The van der Waals surface area contributed by atoms with E-state index >= 15 is 0 Å². The number of fused-ring (bicyclic) bond motifs is 1. The van der Waals surface area contributed by atoms with Gasteiger partial charge in [0.2, 0.25) is 0 Å². The summed E-state index contributed by atoms with van der Waals surface area (Å²) >= 11 is 0. The molecule has 2 aromatic carbocycles. The van der Waals surface area contributed by atoms with Gasteiger partial charge in [0.25, 0.3) is 11.5 Å². The number of carbonyl (C=O) groups excluding carboxylic acids is 1. The lowest BCUT2D eigenvalue weighted by molar-refractivity contribution is 0.0952. The molecule has 6 nitrogen and oxygen atoms in total. The Kier molecular flexibility index (Phi) is 6.77. The van der Waals surface area contributed by atoms with Crippen LogP contribution in [0.1, 0.15) is 35.0 Å². The van der Waals surface area contributed by atoms with E-state index in [1.165, 1.54) is 5.56 Å². The highest BCUT2D eigenvalue weighted by atomic mass is 16.1. The highest BCUT2D eigenvalue weighted by Gasteiger charge is 2.11. The molecule has 1 heterocycles. The Morgan fingerprint density at radius 1 is 1.17 bits per heavy atom. The first-order chi connectivity index (χ1) is 14.0. The second-order valence-electron chi connectivity index (χ2n) is 7.28. The van der Waals surface area contributed by atoms with Crippen LogP contribution in [0.5, 0.6) is 0 Å². The van der Waals surface area contributed by atoms with Crippen LogP contribution >= 0.6 is 0 Å². The van der Waals surface area contributed by atoms with Gasteiger partial charge in [-0.2, -0.15) is 0 Å². The van der Waals surface area contributed by atoms with Crippen molar-refractivity contribution < 1.29 is 4.79 Å². The summed E-state index contributed by atoms with van der Waals surface area (Å²) in [4.78, 5) is 31.3. The van der Waals surface area contributed by atoms with Crippen LogP contribution in [0, 0.1) is 6.92 Å². The maximum Gasteiger partial charge on any atom is 0.272 e. The molecule has 0 aliphatic heterocycles. The molecule has 6 heteroatoms. The van der Waals surface area contributed by atoms with E-state index in [4.69, 9.17) is 0 Å². The number of nitrogens with one attached hydrogen (secondary N) is 1. The molecule has 1 N–H and O–H groups in total. The molecule has 29 heavy (non-hydrogen) atoms. The summed E-state index contributed by atoms with van der Waals surface area (Å²) < 4.78 is 1.68. The Morgan fingerprint density at radius 3 is 2.66 bits per heavy atom. The van der Waals surface area contributed by atoms with Gasteiger partial charge in [0.15, 0.2) is 0 Å². The third-order valence-corrected chi connectivity index (χ3v) is 4.98. The number of hydrogen-bond donors (Lipinski definition) is 1. The van der Waals surface area contributed by atoms with Crippen LogP contribution in [0.15, 0.2) is 53.3 Å². The molecule has 3 aromatic rings. The van der Waals surface area contributed by atoms with Gasteiger partial charge in [0.1, 0.15) is 5.69 Å². The lowest BCUT2D eigenvalue weighted by atomic mass is 10.1. The van der Waals surface area contributed by atoms with E-state index in [0.717, 1.165) is 25.0 Å². The second kappa shape index (κ2) is 9.47. The van der Waals surface area contributed by atoms with Crippen molar-refractivity contribution in [3.63, 3.8) is 0 Å². The molecule has 0 aliphatic carbocycles. The largest absolute Gasteiger partial charge is 0.352 e. The molecule has 0 aliphatic rings. The van der Waals surface area contributed by atoms with E-state index in [2.05, 4.69) is 34.4 Å². The molecule has 1 amide bonds. The molecule has 0 spiro atoms. The first-order valence-corrected chi connectivity index (χ1v) is 10.0. The van der Waals surface area contributed by atoms with Crippen LogP contribution in [-0.2, 0) is 13.1 Å². The van der Waals surface area contributed by atoms with Crippen molar-refractivity contribution >= 4 is 16.9 Å². The first kappa shape index (κ1) is 20.7. The Labute approximate surface area is 171 Å². The Morgan fingerprint density at radius 2 is 1.93 bits per heavy atom. The molecule has 0 saturated carbocycles. The predicted molar refractivity (Wildman–Crippen MR) is 116 cm³/mol. The van der Waals surface area contributed by atoms with Gasteiger partial charge in [-0.1, -0.05) is 30.3 Å². The summed E-state index contributed by atoms with van der Waals surface area (Å²) in [5, 5.41) is 2.98. The molecule has 3 rings (SSSR count). The van der Waals surface area contributed by atoms with Gasteiger partial charge < -0.3 is 14.8 Å². The fraction of sp³-hybridized carbons (Fsp3) is 0.348. The second-order valence-corrected chi connectivity index (χ2v) is 7.28. The third kappa shape index (κ3) is 5.09. The molecule has 1 aromatic heterocycles. The quantitative estimate of drug-likeness (QED) is 0.599. The lowest BCUT2D eigenvalue weighted by Crippen LogP contribution is -2.28. The topological polar surface area (TPSA) is 67.2 Å². The van der Waals surface area contributed by atoms with E-state index in [0.29, 0.717) is 29.9 Å². The Balaban J connectivity index is 1.56. The molecule has 0 atom stereocenters. The zero-order chi connectivity index (χ0) is 20.8. The van der Waals surface area contributed by atoms with Crippen molar-refractivity contribution in [3.05, 3.63) is 75.7 Å². The average Bonchev–Trinajstić information content (AvgIpc) is 2.72. The highest BCUT2D eigenvalue weighted by Crippen LogP contribution is 2.13. The Hall–Kier alpha value is -2.99. The van der Waals surface area contributed by atoms with Gasteiger partial charge in [-0.3, -0.25) is 9.59 Å². The number of rotatable bonds is 8. The van der Waals surface area contributed by atoms with Crippen LogP contribution in [0.25, 0.3) is 11.0 Å². The van der Waals surface area contributed by atoms with E-state index in [1.807, 2.05) is 25.1 Å². The maximum absolute atomic E-state index is 12.5. The molecular weight excluding hydrogens is 364 g/mol. The monoisotopic (exact) mass is 392 g/mol. The number of hydrogen-bond acceptors (Lipinski definition) is 4. The number of nitrogens with zero attached hydrogens (tertiary/aromatic N) is 3. The molecule has 0 radical (unpaired) electrons. The molecular formula is C23H28N4O2. The molecule has 0 bridgehead atoms. The van der Waals surface area contributed by atoms with Gasteiger partial charge in [-0.25, -0.2) is 4.98 Å². The number of aryl methyl sites for hydroxylation is 2. The summed E-state index contributed by atoms with van der Waals surface area (Å²) in [5.74, 6) is -0.119. The zero-order valence-electron chi connectivity index (χ0n) is 17.3. The van der Waals surface area contributed by atoms with Gasteiger partial charge in [-0.05, 0) is 57.6 Å². The van der Waals surface area contributed by atoms with E-state index < -0.39 is 0 Å². The van der Waals surface area contributed by atoms with Gasteiger partial charge in [0, 0.05) is 25.2 Å². The maximum atomic E-state index is 12.5. The van der Waals surface area contributed by atoms with Crippen molar-refractivity contribution in [2.24, 2.45) is 0 Å². The van der Waals surface area contributed by atoms with Crippen LogP contribution in [0.3, 0.4) is 0 Å². The standard InChI is InChI=1S/C23H28N4O2/c1-4-27-21-12-11-19(15-20(21)25-17(2)23(27)29)22(28)24-13-8-14-26(3)16-18-9-6-5-7-10-18/h5-7,9-12,15H,4,8,13-14,16H2,1-3H3,(H,24,28).